The zero-order valence-corrected chi connectivity index (χ0v) is 12.0. The van der Waals surface area contributed by atoms with Crippen molar-refractivity contribution >= 4 is 11.9 Å². The number of allylic oxidation sites excluding steroid dienone is 1. The largest absolute Gasteiger partial charge is 0.481 e. The summed E-state index contributed by atoms with van der Waals surface area (Å²) >= 11 is 0. The van der Waals surface area contributed by atoms with Crippen molar-refractivity contribution in [2.75, 3.05) is 6.54 Å². The average Bonchev–Trinajstić information content (AvgIpc) is 2.49. The molecule has 0 saturated heterocycles. The van der Waals surface area contributed by atoms with Crippen molar-refractivity contribution in [3.63, 3.8) is 0 Å². The van der Waals surface area contributed by atoms with E-state index in [0.717, 1.165) is 19.3 Å². The standard InChI is InChI=1S/C17H21NO3/c19-16(11-13-7-3-1-4-8-13)18-12-15(17(20)21)14-9-5-2-6-10-14/h2,5-7,9-10,15H,1,3-4,8,11-12H2,(H,18,19)(H,20,21). The van der Waals surface area contributed by atoms with Gasteiger partial charge in [0.1, 0.15) is 0 Å². The van der Waals surface area contributed by atoms with Gasteiger partial charge < -0.3 is 10.4 Å². The van der Waals surface area contributed by atoms with Crippen molar-refractivity contribution in [1.82, 2.24) is 5.32 Å². The molecular formula is C17H21NO3. The van der Waals surface area contributed by atoms with Gasteiger partial charge in [0, 0.05) is 13.0 Å². The van der Waals surface area contributed by atoms with Crippen LogP contribution in [0.5, 0.6) is 0 Å². The molecule has 1 aromatic carbocycles. The van der Waals surface area contributed by atoms with Crippen LogP contribution in [-0.2, 0) is 9.59 Å². The normalized spacial score (nSPS) is 15.9. The molecule has 0 spiro atoms. The summed E-state index contributed by atoms with van der Waals surface area (Å²) in [7, 11) is 0. The molecule has 4 nitrogen and oxygen atoms in total. The SMILES string of the molecule is O=C(CC1=CCCCC1)NCC(C(=O)O)c1ccccc1. The molecule has 1 unspecified atom stereocenters. The summed E-state index contributed by atoms with van der Waals surface area (Å²) in [6.07, 6.45) is 6.88. The van der Waals surface area contributed by atoms with E-state index in [0.29, 0.717) is 12.0 Å². The lowest BCUT2D eigenvalue weighted by molar-refractivity contribution is -0.138. The maximum atomic E-state index is 11.9. The van der Waals surface area contributed by atoms with E-state index in [1.165, 1.54) is 12.0 Å². The van der Waals surface area contributed by atoms with E-state index in [4.69, 9.17) is 0 Å². The van der Waals surface area contributed by atoms with E-state index in [9.17, 15) is 14.7 Å². The molecule has 0 aliphatic heterocycles. The fourth-order valence-corrected chi connectivity index (χ4v) is 2.58. The van der Waals surface area contributed by atoms with Crippen LogP contribution in [-0.4, -0.2) is 23.5 Å². The summed E-state index contributed by atoms with van der Waals surface area (Å²) in [6, 6.07) is 9.00. The molecule has 0 aromatic heterocycles. The van der Waals surface area contributed by atoms with Gasteiger partial charge in [0.2, 0.25) is 5.91 Å². The minimum Gasteiger partial charge on any atom is -0.481 e. The van der Waals surface area contributed by atoms with Gasteiger partial charge in [0.05, 0.1) is 5.92 Å². The van der Waals surface area contributed by atoms with Crippen LogP contribution in [0, 0.1) is 0 Å². The summed E-state index contributed by atoms with van der Waals surface area (Å²) in [4.78, 5) is 23.3. The lowest BCUT2D eigenvalue weighted by atomic mass is 9.96. The number of hydrogen-bond donors (Lipinski definition) is 2. The van der Waals surface area contributed by atoms with Gasteiger partial charge >= 0.3 is 5.97 Å². The molecule has 1 amide bonds. The molecule has 112 valence electrons. The van der Waals surface area contributed by atoms with Crippen LogP contribution >= 0.6 is 0 Å². The number of nitrogens with one attached hydrogen (secondary N) is 1. The third-order valence-corrected chi connectivity index (χ3v) is 3.78. The molecule has 0 heterocycles. The van der Waals surface area contributed by atoms with Gasteiger partial charge in [-0.05, 0) is 31.2 Å². The minimum absolute atomic E-state index is 0.0923. The lowest BCUT2D eigenvalue weighted by Crippen LogP contribution is -2.31. The molecule has 21 heavy (non-hydrogen) atoms. The summed E-state index contributed by atoms with van der Waals surface area (Å²) in [5.74, 6) is -1.71. The minimum atomic E-state index is -0.918. The van der Waals surface area contributed by atoms with E-state index in [-0.39, 0.29) is 12.5 Å². The number of carbonyl (C=O) groups excluding carboxylic acids is 1. The number of carbonyl (C=O) groups is 2. The molecular weight excluding hydrogens is 266 g/mol. The predicted octanol–water partition coefficient (Wildman–Crippen LogP) is 2.86. The first-order valence-electron chi connectivity index (χ1n) is 7.39. The Morgan fingerprint density at radius 3 is 2.57 bits per heavy atom. The Hall–Kier alpha value is -2.10. The second kappa shape index (κ2) is 7.62. The monoisotopic (exact) mass is 287 g/mol. The molecule has 1 aliphatic carbocycles. The Bertz CT molecular complexity index is 522. The number of rotatable bonds is 6. The summed E-state index contributed by atoms with van der Waals surface area (Å²) < 4.78 is 0. The highest BCUT2D eigenvalue weighted by molar-refractivity contribution is 5.81. The van der Waals surface area contributed by atoms with Crippen LogP contribution < -0.4 is 5.32 Å². The summed E-state index contributed by atoms with van der Waals surface area (Å²) in [5, 5.41) is 12.0. The molecule has 1 atom stereocenters. The molecule has 0 fully saturated rings. The fourth-order valence-electron chi connectivity index (χ4n) is 2.58. The second-order valence-corrected chi connectivity index (χ2v) is 5.39. The van der Waals surface area contributed by atoms with Crippen molar-refractivity contribution in [3.8, 4) is 0 Å². The first-order chi connectivity index (χ1) is 10.2. The van der Waals surface area contributed by atoms with Gasteiger partial charge in [-0.3, -0.25) is 9.59 Å². The number of carboxylic acids is 1. The zero-order chi connectivity index (χ0) is 15.1. The van der Waals surface area contributed by atoms with Crippen LogP contribution in [0.4, 0.5) is 0 Å². The number of aliphatic carboxylic acids is 1. The Morgan fingerprint density at radius 2 is 1.95 bits per heavy atom. The topological polar surface area (TPSA) is 66.4 Å². The second-order valence-electron chi connectivity index (χ2n) is 5.39. The van der Waals surface area contributed by atoms with Crippen molar-refractivity contribution in [3.05, 3.63) is 47.5 Å². The molecule has 0 saturated carbocycles. The number of benzene rings is 1. The van der Waals surface area contributed by atoms with E-state index in [1.54, 1.807) is 24.3 Å². The predicted molar refractivity (Wildman–Crippen MR) is 81.0 cm³/mol. The van der Waals surface area contributed by atoms with Gasteiger partial charge in [-0.2, -0.15) is 0 Å². The van der Waals surface area contributed by atoms with Crippen molar-refractivity contribution in [1.29, 1.82) is 0 Å². The highest BCUT2D eigenvalue weighted by atomic mass is 16.4. The molecule has 4 heteroatoms. The average molecular weight is 287 g/mol. The third-order valence-electron chi connectivity index (χ3n) is 3.78. The highest BCUT2D eigenvalue weighted by Gasteiger charge is 2.20. The Kier molecular flexibility index (Phi) is 5.55. The Balaban J connectivity index is 1.88. The lowest BCUT2D eigenvalue weighted by Gasteiger charge is -2.15. The molecule has 0 radical (unpaired) electrons. The molecule has 2 rings (SSSR count). The van der Waals surface area contributed by atoms with Gasteiger partial charge in [-0.15, -0.1) is 0 Å². The highest BCUT2D eigenvalue weighted by Crippen LogP contribution is 2.20. The fraction of sp³-hybridized carbons (Fsp3) is 0.412. The Morgan fingerprint density at radius 1 is 1.19 bits per heavy atom. The molecule has 1 aromatic rings. The van der Waals surface area contributed by atoms with Crippen LogP contribution in [0.25, 0.3) is 0 Å². The van der Waals surface area contributed by atoms with Crippen LogP contribution in [0.15, 0.2) is 42.0 Å². The van der Waals surface area contributed by atoms with Crippen LogP contribution in [0.1, 0.15) is 43.6 Å². The first kappa shape index (κ1) is 15.3. The van der Waals surface area contributed by atoms with Gasteiger partial charge in [0.15, 0.2) is 0 Å². The Labute approximate surface area is 124 Å². The van der Waals surface area contributed by atoms with Crippen molar-refractivity contribution in [2.24, 2.45) is 0 Å². The van der Waals surface area contributed by atoms with Crippen LogP contribution in [0.3, 0.4) is 0 Å². The van der Waals surface area contributed by atoms with E-state index < -0.39 is 11.9 Å². The summed E-state index contributed by atoms with van der Waals surface area (Å²) in [6.45, 7) is 0.130. The van der Waals surface area contributed by atoms with Crippen molar-refractivity contribution < 1.29 is 14.7 Å². The maximum Gasteiger partial charge on any atom is 0.312 e. The summed E-state index contributed by atoms with van der Waals surface area (Å²) in [5.41, 5.74) is 1.88. The number of hydrogen-bond acceptors (Lipinski definition) is 2. The van der Waals surface area contributed by atoms with E-state index >= 15 is 0 Å². The van der Waals surface area contributed by atoms with Gasteiger partial charge in [0.25, 0.3) is 0 Å². The maximum absolute atomic E-state index is 11.9. The molecule has 1 aliphatic rings. The van der Waals surface area contributed by atoms with Gasteiger partial charge in [-0.25, -0.2) is 0 Å². The van der Waals surface area contributed by atoms with Crippen LogP contribution in [0.2, 0.25) is 0 Å². The molecule has 0 bridgehead atoms. The quantitative estimate of drug-likeness (QED) is 0.791. The van der Waals surface area contributed by atoms with E-state index in [2.05, 4.69) is 11.4 Å². The first-order valence-corrected chi connectivity index (χ1v) is 7.39. The third kappa shape index (κ3) is 4.74. The van der Waals surface area contributed by atoms with E-state index in [1.807, 2.05) is 6.07 Å². The number of amides is 1. The number of carboxylic acid groups (broad SMARTS) is 1. The van der Waals surface area contributed by atoms with Crippen molar-refractivity contribution in [2.45, 2.75) is 38.0 Å². The molecule has 2 N–H and O–H groups in total. The smallest absolute Gasteiger partial charge is 0.312 e. The zero-order valence-electron chi connectivity index (χ0n) is 12.0. The van der Waals surface area contributed by atoms with Gasteiger partial charge in [-0.1, -0.05) is 42.0 Å².